The number of amides is 2. The van der Waals surface area contributed by atoms with Crippen LogP contribution >= 0.6 is 35.6 Å². The second kappa shape index (κ2) is 9.97. The largest absolute Gasteiger partial charge is 0.341 e. The molecule has 2 heterocycles. The van der Waals surface area contributed by atoms with Gasteiger partial charge in [0.25, 0.3) is 5.91 Å². The number of carbonyl (C=O) groups excluding carboxylic acids is 2. The Morgan fingerprint density at radius 2 is 1.78 bits per heavy atom. The Balaban J connectivity index is 0.00000261. The topological polar surface area (TPSA) is 52.7 Å². The molecule has 0 saturated carbocycles. The van der Waals surface area contributed by atoms with E-state index in [1.165, 1.54) is 0 Å². The molecule has 2 amide bonds. The highest BCUT2D eigenvalue weighted by molar-refractivity contribution is 6.35. The summed E-state index contributed by atoms with van der Waals surface area (Å²) >= 11 is 12.1. The Hall–Kier alpha value is -1.01. The number of rotatable bonds is 4. The molecule has 0 radical (unpaired) electrons. The number of likely N-dealkylation sites (tertiary alicyclic amines) is 2. The Bertz CT molecular complexity index is 664. The third kappa shape index (κ3) is 5.29. The third-order valence-corrected chi connectivity index (χ3v) is 5.67. The fourth-order valence-corrected chi connectivity index (χ4v) is 4.57. The monoisotopic (exact) mass is 433 g/mol. The molecule has 3 rings (SSSR count). The van der Waals surface area contributed by atoms with Crippen LogP contribution in [0.15, 0.2) is 18.2 Å². The molecule has 1 aromatic rings. The summed E-state index contributed by atoms with van der Waals surface area (Å²) in [6, 6.07) is 4.44. The second-order valence-corrected chi connectivity index (χ2v) is 8.04. The number of carbonyl (C=O) groups is 2. The first-order valence-corrected chi connectivity index (χ1v) is 9.95. The van der Waals surface area contributed by atoms with Gasteiger partial charge in [-0.2, -0.15) is 0 Å². The smallest absolute Gasteiger partial charge is 0.254 e. The second-order valence-electron chi connectivity index (χ2n) is 7.16. The quantitative estimate of drug-likeness (QED) is 0.789. The highest BCUT2D eigenvalue weighted by Gasteiger charge is 2.38. The zero-order chi connectivity index (χ0) is 18.7. The number of halogens is 3. The molecule has 2 aliphatic rings. The molecule has 0 spiro atoms. The van der Waals surface area contributed by atoms with E-state index in [1.807, 2.05) is 11.9 Å². The minimum absolute atomic E-state index is 0. The molecule has 150 valence electrons. The molecule has 2 aliphatic heterocycles. The van der Waals surface area contributed by atoms with Gasteiger partial charge in [-0.05, 0) is 63.4 Å². The van der Waals surface area contributed by atoms with Crippen molar-refractivity contribution in [3.63, 3.8) is 0 Å². The zero-order valence-corrected chi connectivity index (χ0v) is 17.7. The van der Waals surface area contributed by atoms with Crippen molar-refractivity contribution in [3.8, 4) is 0 Å². The van der Waals surface area contributed by atoms with E-state index in [4.69, 9.17) is 23.2 Å². The molecule has 2 unspecified atom stereocenters. The maximum Gasteiger partial charge on any atom is 0.254 e. The van der Waals surface area contributed by atoms with Crippen molar-refractivity contribution in [2.75, 3.05) is 33.2 Å². The van der Waals surface area contributed by atoms with Crippen LogP contribution in [0, 0.1) is 5.92 Å². The van der Waals surface area contributed by atoms with Gasteiger partial charge in [0.1, 0.15) is 6.04 Å². The lowest BCUT2D eigenvalue weighted by molar-refractivity contribution is -0.137. The van der Waals surface area contributed by atoms with E-state index in [2.05, 4.69) is 5.32 Å². The summed E-state index contributed by atoms with van der Waals surface area (Å²) in [5.74, 6) is 0.383. The molecule has 0 aliphatic carbocycles. The van der Waals surface area contributed by atoms with E-state index in [-0.39, 0.29) is 30.3 Å². The molecule has 5 nitrogen and oxygen atoms in total. The minimum atomic E-state index is -0.381. The average molecular weight is 435 g/mol. The highest BCUT2D eigenvalue weighted by atomic mass is 35.5. The molecule has 2 atom stereocenters. The maximum absolute atomic E-state index is 13.1. The number of nitrogens with one attached hydrogen (secondary N) is 1. The molecule has 0 bridgehead atoms. The summed E-state index contributed by atoms with van der Waals surface area (Å²) in [4.78, 5) is 29.7. The zero-order valence-electron chi connectivity index (χ0n) is 15.4. The van der Waals surface area contributed by atoms with Gasteiger partial charge in [-0.3, -0.25) is 9.59 Å². The van der Waals surface area contributed by atoms with Gasteiger partial charge in [0.05, 0.1) is 0 Å². The van der Waals surface area contributed by atoms with Crippen LogP contribution in [-0.2, 0) is 4.79 Å². The van der Waals surface area contributed by atoms with E-state index in [0.717, 1.165) is 38.9 Å². The standard InChI is InChI=1S/C19H25Cl2N3O2.ClH/c1-22-11-13-4-2-6-23(12-13)19(26)17-5-3-7-24(17)18(25)14-8-15(20)10-16(21)9-14;/h8-10,13,17,22H,2-7,11-12H2,1H3;1H. The van der Waals surface area contributed by atoms with Crippen molar-refractivity contribution in [3.05, 3.63) is 33.8 Å². The van der Waals surface area contributed by atoms with Crippen molar-refractivity contribution >= 4 is 47.4 Å². The Morgan fingerprint density at radius 1 is 1.11 bits per heavy atom. The van der Waals surface area contributed by atoms with Crippen LogP contribution < -0.4 is 5.32 Å². The summed E-state index contributed by atoms with van der Waals surface area (Å²) in [6.07, 6.45) is 3.71. The van der Waals surface area contributed by atoms with Gasteiger partial charge >= 0.3 is 0 Å². The number of hydrogen-bond acceptors (Lipinski definition) is 3. The first-order valence-electron chi connectivity index (χ1n) is 9.20. The van der Waals surface area contributed by atoms with Crippen molar-refractivity contribution in [1.29, 1.82) is 0 Å². The SMILES string of the molecule is CNCC1CCCN(C(=O)C2CCCN2C(=O)c2cc(Cl)cc(Cl)c2)C1.Cl. The van der Waals surface area contributed by atoms with Crippen LogP contribution in [-0.4, -0.2) is 60.9 Å². The lowest BCUT2D eigenvalue weighted by Crippen LogP contribution is -2.51. The molecule has 1 N–H and O–H groups in total. The van der Waals surface area contributed by atoms with E-state index in [1.54, 1.807) is 23.1 Å². The Kier molecular flexibility index (Phi) is 8.22. The van der Waals surface area contributed by atoms with Crippen LogP contribution in [0.2, 0.25) is 10.0 Å². The number of piperidine rings is 1. The first-order chi connectivity index (χ1) is 12.5. The predicted octanol–water partition coefficient (Wildman–Crippen LogP) is 3.48. The molecular weight excluding hydrogens is 409 g/mol. The van der Waals surface area contributed by atoms with E-state index >= 15 is 0 Å². The molecule has 1 aromatic carbocycles. The van der Waals surface area contributed by atoms with Crippen molar-refractivity contribution < 1.29 is 9.59 Å². The van der Waals surface area contributed by atoms with E-state index in [9.17, 15) is 9.59 Å². The van der Waals surface area contributed by atoms with Gasteiger partial charge in [-0.15, -0.1) is 12.4 Å². The van der Waals surface area contributed by atoms with Crippen LogP contribution in [0.1, 0.15) is 36.0 Å². The fraction of sp³-hybridized carbons (Fsp3) is 0.579. The minimum Gasteiger partial charge on any atom is -0.341 e. The summed E-state index contributed by atoms with van der Waals surface area (Å²) in [7, 11) is 1.94. The molecule has 27 heavy (non-hydrogen) atoms. The van der Waals surface area contributed by atoms with Crippen molar-refractivity contribution in [1.82, 2.24) is 15.1 Å². The molecule has 8 heteroatoms. The number of benzene rings is 1. The Morgan fingerprint density at radius 3 is 2.44 bits per heavy atom. The van der Waals surface area contributed by atoms with Gasteiger partial charge in [-0.1, -0.05) is 23.2 Å². The van der Waals surface area contributed by atoms with Crippen LogP contribution in [0.3, 0.4) is 0 Å². The van der Waals surface area contributed by atoms with Crippen LogP contribution in [0.5, 0.6) is 0 Å². The normalized spacial score (nSPS) is 22.5. The third-order valence-electron chi connectivity index (χ3n) is 5.23. The average Bonchev–Trinajstić information content (AvgIpc) is 3.09. The van der Waals surface area contributed by atoms with E-state index < -0.39 is 0 Å². The summed E-state index contributed by atoms with van der Waals surface area (Å²) in [6.45, 7) is 3.05. The van der Waals surface area contributed by atoms with Gasteiger partial charge in [0.15, 0.2) is 0 Å². The molecule has 2 fully saturated rings. The van der Waals surface area contributed by atoms with Gasteiger partial charge in [0, 0.05) is 35.2 Å². The fourth-order valence-electron chi connectivity index (χ4n) is 4.04. The van der Waals surface area contributed by atoms with Crippen LogP contribution in [0.25, 0.3) is 0 Å². The maximum atomic E-state index is 13.1. The predicted molar refractivity (Wildman–Crippen MR) is 111 cm³/mol. The Labute approximate surface area is 176 Å². The van der Waals surface area contributed by atoms with Crippen molar-refractivity contribution in [2.45, 2.75) is 31.7 Å². The van der Waals surface area contributed by atoms with Crippen LogP contribution in [0.4, 0.5) is 0 Å². The number of hydrogen-bond donors (Lipinski definition) is 1. The molecular formula is C19H26Cl3N3O2. The van der Waals surface area contributed by atoms with E-state index in [0.29, 0.717) is 34.5 Å². The van der Waals surface area contributed by atoms with Gasteiger partial charge in [-0.25, -0.2) is 0 Å². The van der Waals surface area contributed by atoms with Gasteiger partial charge in [0.2, 0.25) is 5.91 Å². The number of nitrogens with zero attached hydrogens (tertiary/aromatic N) is 2. The lowest BCUT2D eigenvalue weighted by Gasteiger charge is -2.36. The summed E-state index contributed by atoms with van der Waals surface area (Å²) < 4.78 is 0. The highest BCUT2D eigenvalue weighted by Crippen LogP contribution is 2.27. The van der Waals surface area contributed by atoms with Crippen molar-refractivity contribution in [2.24, 2.45) is 5.92 Å². The summed E-state index contributed by atoms with van der Waals surface area (Å²) in [5, 5.41) is 4.05. The summed E-state index contributed by atoms with van der Waals surface area (Å²) in [5.41, 5.74) is 0.439. The van der Waals surface area contributed by atoms with Gasteiger partial charge < -0.3 is 15.1 Å². The lowest BCUT2D eigenvalue weighted by atomic mass is 9.97. The first kappa shape index (κ1) is 22.3. The molecule has 2 saturated heterocycles. The molecule has 0 aromatic heterocycles.